The molecule has 1 rings (SSSR count). The zero-order valence-corrected chi connectivity index (χ0v) is 10.7. The number of rotatable bonds is 3. The topological polar surface area (TPSA) is 63.1 Å². The highest BCUT2D eigenvalue weighted by atomic mass is 16.2. The Bertz CT molecular complexity index is 458. The molecule has 0 atom stereocenters. The fourth-order valence-electron chi connectivity index (χ4n) is 1.22. The molecule has 0 radical (unpaired) electrons. The maximum atomic E-state index is 11.6. The van der Waals surface area contributed by atoms with E-state index in [1.54, 1.807) is 19.3 Å². The molecule has 0 aliphatic carbocycles. The van der Waals surface area contributed by atoms with Gasteiger partial charge in [0, 0.05) is 24.8 Å². The fraction of sp³-hybridized carbons (Fsp3) is 0.500. The van der Waals surface area contributed by atoms with E-state index in [4.69, 9.17) is 0 Å². The van der Waals surface area contributed by atoms with Crippen molar-refractivity contribution in [3.63, 3.8) is 0 Å². The van der Waals surface area contributed by atoms with E-state index >= 15 is 0 Å². The number of aromatic nitrogens is 1. The van der Waals surface area contributed by atoms with Crippen molar-refractivity contribution >= 4 is 11.6 Å². The quantitative estimate of drug-likeness (QED) is 0.814. The van der Waals surface area contributed by atoms with Gasteiger partial charge in [0.05, 0.1) is 12.2 Å². The molecule has 1 amide bonds. The maximum absolute atomic E-state index is 11.6. The van der Waals surface area contributed by atoms with E-state index in [0.717, 1.165) is 0 Å². The first-order valence-corrected chi connectivity index (χ1v) is 5.49. The highest BCUT2D eigenvalue weighted by molar-refractivity contribution is 5.92. The molecule has 17 heavy (non-hydrogen) atoms. The Morgan fingerprint density at radius 3 is 2.53 bits per heavy atom. The monoisotopic (exact) mass is 237 g/mol. The minimum Gasteiger partial charge on any atom is -0.324 e. The molecular formula is C12H19N3O2. The van der Waals surface area contributed by atoms with Crippen LogP contribution in [0.3, 0.4) is 0 Å². The van der Waals surface area contributed by atoms with Gasteiger partial charge in [-0.1, -0.05) is 0 Å². The van der Waals surface area contributed by atoms with E-state index in [0.29, 0.717) is 5.69 Å². The molecule has 0 saturated carbocycles. The smallest absolute Gasteiger partial charge is 0.250 e. The molecule has 0 aliphatic rings. The third-order valence-corrected chi connectivity index (χ3v) is 2.15. The maximum Gasteiger partial charge on any atom is 0.250 e. The molecule has 1 heterocycles. The standard InChI is InChI=1S/C12H19N3O2/c1-12(2,3)13-7-10(16)14-9-5-6-11(17)15(4)8-9/h5-6,8,13H,7H2,1-4H3,(H,14,16). The lowest BCUT2D eigenvalue weighted by Gasteiger charge is -2.20. The first-order valence-electron chi connectivity index (χ1n) is 5.49. The average molecular weight is 237 g/mol. The van der Waals surface area contributed by atoms with Gasteiger partial charge in [0.15, 0.2) is 0 Å². The van der Waals surface area contributed by atoms with Crippen LogP contribution in [-0.2, 0) is 11.8 Å². The molecule has 0 aliphatic heterocycles. The molecule has 5 nitrogen and oxygen atoms in total. The first-order chi connectivity index (χ1) is 7.78. The van der Waals surface area contributed by atoms with E-state index in [2.05, 4.69) is 10.6 Å². The lowest BCUT2D eigenvalue weighted by atomic mass is 10.1. The van der Waals surface area contributed by atoms with E-state index in [1.165, 1.54) is 10.6 Å². The molecule has 0 spiro atoms. The van der Waals surface area contributed by atoms with Gasteiger partial charge in [-0.2, -0.15) is 0 Å². The molecule has 1 aromatic rings. The van der Waals surface area contributed by atoms with Gasteiger partial charge in [0.2, 0.25) is 11.5 Å². The largest absolute Gasteiger partial charge is 0.324 e. The van der Waals surface area contributed by atoms with Crippen LogP contribution in [0.15, 0.2) is 23.1 Å². The average Bonchev–Trinajstić information content (AvgIpc) is 2.20. The van der Waals surface area contributed by atoms with Gasteiger partial charge in [0.1, 0.15) is 0 Å². The van der Waals surface area contributed by atoms with Crippen LogP contribution in [0.1, 0.15) is 20.8 Å². The van der Waals surface area contributed by atoms with E-state index in [1.807, 2.05) is 20.8 Å². The number of nitrogens with zero attached hydrogens (tertiary/aromatic N) is 1. The zero-order valence-electron chi connectivity index (χ0n) is 10.7. The molecular weight excluding hydrogens is 218 g/mol. The van der Waals surface area contributed by atoms with Crippen LogP contribution in [0.2, 0.25) is 0 Å². The number of carbonyl (C=O) groups excluding carboxylic acids is 1. The van der Waals surface area contributed by atoms with Crippen LogP contribution in [0.5, 0.6) is 0 Å². The summed E-state index contributed by atoms with van der Waals surface area (Å²) in [6, 6.07) is 3.02. The second kappa shape index (κ2) is 5.14. The summed E-state index contributed by atoms with van der Waals surface area (Å²) in [7, 11) is 1.64. The van der Waals surface area contributed by atoms with E-state index < -0.39 is 0 Å². The molecule has 0 unspecified atom stereocenters. The van der Waals surface area contributed by atoms with Gasteiger partial charge in [-0.05, 0) is 26.8 Å². The molecule has 0 fully saturated rings. The number of amides is 1. The third kappa shape index (κ3) is 4.82. The Kier molecular flexibility index (Phi) is 4.07. The van der Waals surface area contributed by atoms with Crippen molar-refractivity contribution in [1.29, 1.82) is 0 Å². The van der Waals surface area contributed by atoms with Crippen molar-refractivity contribution < 1.29 is 4.79 Å². The van der Waals surface area contributed by atoms with Crippen LogP contribution < -0.4 is 16.2 Å². The molecule has 0 bridgehead atoms. The molecule has 1 aromatic heterocycles. The molecule has 5 heteroatoms. The van der Waals surface area contributed by atoms with Crippen LogP contribution in [0.25, 0.3) is 0 Å². The number of aryl methyl sites for hydroxylation is 1. The molecule has 0 saturated heterocycles. The molecule has 0 aromatic carbocycles. The lowest BCUT2D eigenvalue weighted by Crippen LogP contribution is -2.41. The van der Waals surface area contributed by atoms with E-state index in [9.17, 15) is 9.59 Å². The van der Waals surface area contributed by atoms with Crippen molar-refractivity contribution in [2.75, 3.05) is 11.9 Å². The molecule has 2 N–H and O–H groups in total. The summed E-state index contributed by atoms with van der Waals surface area (Å²) in [6.45, 7) is 6.22. The summed E-state index contributed by atoms with van der Waals surface area (Å²) in [6.07, 6.45) is 1.59. The predicted octanol–water partition coefficient (Wildman–Crippen LogP) is 0.712. The van der Waals surface area contributed by atoms with Crippen molar-refractivity contribution in [2.45, 2.75) is 26.3 Å². The Hall–Kier alpha value is -1.62. The Morgan fingerprint density at radius 1 is 1.35 bits per heavy atom. The Balaban J connectivity index is 2.57. The second-order valence-electron chi connectivity index (χ2n) is 5.02. The summed E-state index contributed by atoms with van der Waals surface area (Å²) >= 11 is 0. The summed E-state index contributed by atoms with van der Waals surface area (Å²) in [5.41, 5.74) is 0.421. The second-order valence-corrected chi connectivity index (χ2v) is 5.02. The van der Waals surface area contributed by atoms with Crippen molar-refractivity contribution in [3.05, 3.63) is 28.7 Å². The number of hydrogen-bond donors (Lipinski definition) is 2. The summed E-state index contributed by atoms with van der Waals surface area (Å²) < 4.78 is 1.42. The zero-order chi connectivity index (χ0) is 13.1. The number of nitrogens with one attached hydrogen (secondary N) is 2. The Morgan fingerprint density at radius 2 is 2.00 bits per heavy atom. The van der Waals surface area contributed by atoms with Gasteiger partial charge in [-0.15, -0.1) is 0 Å². The summed E-state index contributed by atoms with van der Waals surface area (Å²) in [5, 5.41) is 5.81. The summed E-state index contributed by atoms with van der Waals surface area (Å²) in [5.74, 6) is -0.126. The lowest BCUT2D eigenvalue weighted by molar-refractivity contribution is -0.115. The first kappa shape index (κ1) is 13.4. The highest BCUT2D eigenvalue weighted by Gasteiger charge is 2.11. The molecule has 94 valence electrons. The van der Waals surface area contributed by atoms with Crippen LogP contribution in [-0.4, -0.2) is 22.6 Å². The summed E-state index contributed by atoms with van der Waals surface area (Å²) in [4.78, 5) is 22.7. The normalized spacial score (nSPS) is 11.3. The SMILES string of the molecule is Cn1cc(NC(=O)CNC(C)(C)C)ccc1=O. The number of hydrogen-bond acceptors (Lipinski definition) is 3. The third-order valence-electron chi connectivity index (χ3n) is 2.15. The van der Waals surface area contributed by atoms with Crippen molar-refractivity contribution in [1.82, 2.24) is 9.88 Å². The van der Waals surface area contributed by atoms with Gasteiger partial charge >= 0.3 is 0 Å². The van der Waals surface area contributed by atoms with Crippen LogP contribution in [0.4, 0.5) is 5.69 Å². The predicted molar refractivity (Wildman–Crippen MR) is 68.1 cm³/mol. The van der Waals surface area contributed by atoms with Crippen molar-refractivity contribution in [2.24, 2.45) is 7.05 Å². The van der Waals surface area contributed by atoms with Gasteiger partial charge in [-0.25, -0.2) is 0 Å². The van der Waals surface area contributed by atoms with Gasteiger partial charge in [-0.3, -0.25) is 9.59 Å². The van der Waals surface area contributed by atoms with Crippen LogP contribution in [0, 0.1) is 0 Å². The minimum absolute atomic E-state index is 0.0963. The number of pyridine rings is 1. The van der Waals surface area contributed by atoms with Gasteiger partial charge in [0.25, 0.3) is 0 Å². The highest BCUT2D eigenvalue weighted by Crippen LogP contribution is 2.02. The van der Waals surface area contributed by atoms with Gasteiger partial charge < -0.3 is 15.2 Å². The van der Waals surface area contributed by atoms with Crippen molar-refractivity contribution in [3.8, 4) is 0 Å². The minimum atomic E-state index is -0.126. The van der Waals surface area contributed by atoms with Crippen LogP contribution >= 0.6 is 0 Å². The number of carbonyl (C=O) groups is 1. The van der Waals surface area contributed by atoms with E-state index in [-0.39, 0.29) is 23.6 Å². The fourth-order valence-corrected chi connectivity index (χ4v) is 1.22. The Labute approximate surface area is 101 Å². The number of anilines is 1.